The van der Waals surface area contributed by atoms with Crippen molar-refractivity contribution in [2.45, 2.75) is 71.1 Å². The zero-order valence-corrected chi connectivity index (χ0v) is 14.9. The van der Waals surface area contributed by atoms with Crippen LogP contribution in [0.2, 0.25) is 0 Å². The van der Waals surface area contributed by atoms with Gasteiger partial charge in [0.25, 0.3) is 0 Å². The number of phosphoric acid groups is 1. The van der Waals surface area contributed by atoms with Crippen molar-refractivity contribution in [1.82, 2.24) is 0 Å². The summed E-state index contributed by atoms with van der Waals surface area (Å²) >= 11 is 0. The predicted molar refractivity (Wildman–Crippen MR) is 71.5 cm³/mol. The second-order valence-corrected chi connectivity index (χ2v) is 5.22. The summed E-state index contributed by atoms with van der Waals surface area (Å²) in [5.41, 5.74) is 0. The number of hydrogen-bond donors (Lipinski definition) is 3. The molecule has 0 atom stereocenters. The van der Waals surface area contributed by atoms with Crippen LogP contribution in [-0.4, -0.2) is 14.7 Å². The summed E-state index contributed by atoms with van der Waals surface area (Å²) in [5.74, 6) is 0. The molecule has 0 amide bonds. The molecule has 0 radical (unpaired) electrons. The Bertz CT molecular complexity index is 167. The summed E-state index contributed by atoms with van der Waals surface area (Å²) in [4.78, 5) is 21.6. The molecule has 4 nitrogen and oxygen atoms in total. The zero-order chi connectivity index (χ0) is 13.6. The fraction of sp³-hybridized carbons (Fsp3) is 0.917. The van der Waals surface area contributed by atoms with Crippen molar-refractivity contribution < 1.29 is 48.8 Å². The molecule has 0 rings (SSSR count). The molecule has 0 saturated carbocycles. The van der Waals surface area contributed by atoms with E-state index in [4.69, 9.17) is 19.2 Å². The average Bonchev–Trinajstić information content (AvgIpc) is 2.20. The van der Waals surface area contributed by atoms with Gasteiger partial charge < -0.3 is 21.6 Å². The Balaban J connectivity index is -0.000000321. The van der Waals surface area contributed by atoms with E-state index in [1.54, 1.807) is 0 Å². The third-order valence-corrected chi connectivity index (χ3v) is 2.35. The summed E-state index contributed by atoms with van der Waals surface area (Å²) in [6, 6.07) is 0. The average molecular weight is 290 g/mol. The van der Waals surface area contributed by atoms with E-state index >= 15 is 0 Å². The molecular weight excluding hydrogens is 262 g/mol. The van der Waals surface area contributed by atoms with Crippen LogP contribution >= 0.6 is 7.82 Å². The second kappa shape index (κ2) is 18.1. The second-order valence-electron chi connectivity index (χ2n) is 4.20. The smallest absolute Gasteiger partial charge is 0.343 e. The van der Waals surface area contributed by atoms with E-state index in [0.717, 1.165) is 6.42 Å². The van der Waals surface area contributed by atoms with E-state index < -0.39 is 7.82 Å². The Hall–Kier alpha value is 1.11. The molecule has 0 aliphatic rings. The van der Waals surface area contributed by atoms with Gasteiger partial charge in [-0.1, -0.05) is 64.7 Å². The summed E-state index contributed by atoms with van der Waals surface area (Å²) in [6.45, 7) is 6.12. The molecule has 0 aromatic heterocycles. The van der Waals surface area contributed by atoms with Crippen LogP contribution in [0, 0.1) is 6.92 Å². The van der Waals surface area contributed by atoms with Gasteiger partial charge in [-0.3, -0.25) is 0 Å². The first-order chi connectivity index (χ1) is 7.91. The predicted octanol–water partition coefficient (Wildman–Crippen LogP) is 0.817. The molecule has 0 unspecified atom stereocenters. The third kappa shape index (κ3) is 43.4. The fourth-order valence-electron chi connectivity index (χ4n) is 1.49. The molecule has 3 N–H and O–H groups in total. The van der Waals surface area contributed by atoms with Crippen LogP contribution < -0.4 is 29.6 Å². The molecule has 0 bridgehead atoms. The molecule has 6 heteroatoms. The topological polar surface area (TPSA) is 77.8 Å². The Morgan fingerprint density at radius 3 is 1.39 bits per heavy atom. The Morgan fingerprint density at radius 1 is 0.833 bits per heavy atom. The van der Waals surface area contributed by atoms with Crippen LogP contribution in [0.1, 0.15) is 71.1 Å². The molecule has 18 heavy (non-hydrogen) atoms. The normalized spacial score (nSPS) is 10.3. The van der Waals surface area contributed by atoms with Crippen LogP contribution in [0.25, 0.3) is 0 Å². The first kappa shape index (κ1) is 24.1. The monoisotopic (exact) mass is 290 g/mol. The minimum absolute atomic E-state index is 0. The minimum atomic E-state index is -4.64. The van der Waals surface area contributed by atoms with E-state index in [-0.39, 0.29) is 29.6 Å². The summed E-state index contributed by atoms with van der Waals surface area (Å²) in [7, 11) is -4.64. The molecule has 0 aliphatic heterocycles. The van der Waals surface area contributed by atoms with E-state index in [2.05, 4.69) is 13.8 Å². The third-order valence-electron chi connectivity index (χ3n) is 2.35. The number of rotatable bonds is 9. The maximum atomic E-state index is 8.88. The van der Waals surface area contributed by atoms with E-state index in [9.17, 15) is 0 Å². The van der Waals surface area contributed by atoms with Gasteiger partial charge in [0.05, 0.1) is 0 Å². The van der Waals surface area contributed by atoms with Gasteiger partial charge in [0.15, 0.2) is 0 Å². The van der Waals surface area contributed by atoms with Gasteiger partial charge in [-0.05, 0) is 0 Å². The van der Waals surface area contributed by atoms with Crippen molar-refractivity contribution in [2.24, 2.45) is 0 Å². The summed E-state index contributed by atoms with van der Waals surface area (Å²) in [5, 5.41) is 0. The van der Waals surface area contributed by atoms with Gasteiger partial charge in [0.2, 0.25) is 0 Å². The maximum absolute atomic E-state index is 8.88. The molecule has 0 saturated heterocycles. The van der Waals surface area contributed by atoms with E-state index in [0.29, 0.717) is 0 Å². The first-order valence-corrected chi connectivity index (χ1v) is 8.05. The SMILES string of the molecule is O=P(O)(O)O.[CH2-]CCCCCCCCCCC.[Na+]. The van der Waals surface area contributed by atoms with Crippen molar-refractivity contribution in [3.8, 4) is 0 Å². The number of hydrogen-bond acceptors (Lipinski definition) is 1. The first-order valence-electron chi connectivity index (χ1n) is 6.49. The van der Waals surface area contributed by atoms with Gasteiger partial charge in [0, 0.05) is 0 Å². The van der Waals surface area contributed by atoms with Gasteiger partial charge >= 0.3 is 37.4 Å². The van der Waals surface area contributed by atoms with Crippen LogP contribution in [-0.2, 0) is 4.57 Å². The van der Waals surface area contributed by atoms with Crippen molar-refractivity contribution in [3.05, 3.63) is 6.92 Å². The molecular formula is C12H28NaO4P. The zero-order valence-electron chi connectivity index (χ0n) is 12.0. The van der Waals surface area contributed by atoms with Gasteiger partial charge in [-0.2, -0.15) is 6.42 Å². The van der Waals surface area contributed by atoms with E-state index in [1.165, 1.54) is 57.8 Å². The van der Waals surface area contributed by atoms with E-state index in [1.807, 2.05) is 0 Å². The Labute approximate surface area is 134 Å². The molecule has 106 valence electrons. The molecule has 0 fully saturated rings. The molecule has 0 heterocycles. The Morgan fingerprint density at radius 2 is 1.11 bits per heavy atom. The molecule has 0 aromatic carbocycles. The molecule has 0 spiro atoms. The summed E-state index contributed by atoms with van der Waals surface area (Å²) in [6.07, 6.45) is 13.9. The van der Waals surface area contributed by atoms with Gasteiger partial charge in [-0.25, -0.2) is 4.57 Å². The van der Waals surface area contributed by atoms with Crippen LogP contribution in [0.15, 0.2) is 0 Å². The van der Waals surface area contributed by atoms with Crippen LogP contribution in [0.3, 0.4) is 0 Å². The summed E-state index contributed by atoms with van der Waals surface area (Å²) < 4.78 is 8.88. The van der Waals surface area contributed by atoms with Crippen molar-refractivity contribution in [3.63, 3.8) is 0 Å². The Kier molecular flexibility index (Phi) is 24.3. The number of unbranched alkanes of at least 4 members (excludes halogenated alkanes) is 9. The van der Waals surface area contributed by atoms with Crippen molar-refractivity contribution in [1.29, 1.82) is 0 Å². The fourth-order valence-corrected chi connectivity index (χ4v) is 1.49. The van der Waals surface area contributed by atoms with Crippen LogP contribution in [0.5, 0.6) is 0 Å². The van der Waals surface area contributed by atoms with Gasteiger partial charge in [0.1, 0.15) is 0 Å². The maximum Gasteiger partial charge on any atom is 1.00 e. The minimum Gasteiger partial charge on any atom is -0.343 e. The standard InChI is InChI=1S/C12H25.Na.H3O4P/c1-3-5-7-9-11-12-10-8-6-4-2;;1-5(2,3)4/h1,3-12H2,2H3;;(H3,1,2,3,4)/q-1;+1;. The molecule has 0 aliphatic carbocycles. The van der Waals surface area contributed by atoms with Crippen LogP contribution in [0.4, 0.5) is 0 Å². The van der Waals surface area contributed by atoms with Gasteiger partial charge in [-0.15, -0.1) is 0 Å². The van der Waals surface area contributed by atoms with Crippen molar-refractivity contribution >= 4 is 7.82 Å². The largest absolute Gasteiger partial charge is 1.00 e. The molecule has 0 aromatic rings. The quantitative estimate of drug-likeness (QED) is 0.254. The van der Waals surface area contributed by atoms with Crippen molar-refractivity contribution in [2.75, 3.05) is 0 Å².